The van der Waals surface area contributed by atoms with Crippen molar-refractivity contribution in [1.29, 1.82) is 0 Å². The van der Waals surface area contributed by atoms with Crippen molar-refractivity contribution in [1.82, 2.24) is 0 Å². The summed E-state index contributed by atoms with van der Waals surface area (Å²) < 4.78 is 5.31. The van der Waals surface area contributed by atoms with Crippen molar-refractivity contribution < 1.29 is 4.74 Å². The van der Waals surface area contributed by atoms with Crippen LogP contribution in [-0.4, -0.2) is 18.8 Å². The van der Waals surface area contributed by atoms with Crippen LogP contribution in [0.1, 0.15) is 40.5 Å². The third-order valence-electron chi connectivity index (χ3n) is 2.49. The van der Waals surface area contributed by atoms with Crippen molar-refractivity contribution in [3.63, 3.8) is 0 Å². The highest BCUT2D eigenvalue weighted by Gasteiger charge is 2.18. The Bertz CT molecular complexity index is 121. The van der Waals surface area contributed by atoms with E-state index in [2.05, 4.69) is 27.7 Å². The van der Waals surface area contributed by atoms with Crippen molar-refractivity contribution in [2.24, 2.45) is 11.7 Å². The van der Waals surface area contributed by atoms with Crippen LogP contribution in [0, 0.1) is 5.92 Å². The molecular formula is C10H23NO. The lowest BCUT2D eigenvalue weighted by Crippen LogP contribution is -2.31. The van der Waals surface area contributed by atoms with E-state index < -0.39 is 0 Å². The third-order valence-corrected chi connectivity index (χ3v) is 2.49. The molecule has 0 aliphatic heterocycles. The lowest BCUT2D eigenvalue weighted by Gasteiger charge is -2.25. The van der Waals surface area contributed by atoms with Crippen molar-refractivity contribution in [3.8, 4) is 0 Å². The molecule has 0 amide bonds. The highest BCUT2D eigenvalue weighted by molar-refractivity contribution is 4.73. The smallest absolute Gasteiger partial charge is 0.0623 e. The van der Waals surface area contributed by atoms with Crippen LogP contribution in [0.4, 0.5) is 0 Å². The van der Waals surface area contributed by atoms with Gasteiger partial charge in [-0.3, -0.25) is 0 Å². The van der Waals surface area contributed by atoms with Crippen LogP contribution < -0.4 is 5.73 Å². The van der Waals surface area contributed by atoms with E-state index in [0.717, 1.165) is 12.8 Å². The minimum atomic E-state index is -0.0213. The van der Waals surface area contributed by atoms with Crippen LogP contribution in [0.5, 0.6) is 0 Å². The van der Waals surface area contributed by atoms with E-state index in [1.165, 1.54) is 0 Å². The van der Waals surface area contributed by atoms with Gasteiger partial charge in [0.25, 0.3) is 0 Å². The summed E-state index contributed by atoms with van der Waals surface area (Å²) in [5, 5.41) is 0. The van der Waals surface area contributed by atoms with Gasteiger partial charge in [0.05, 0.1) is 5.60 Å². The van der Waals surface area contributed by atoms with Gasteiger partial charge in [0, 0.05) is 13.2 Å². The Hall–Kier alpha value is -0.0800. The fraction of sp³-hybridized carbons (Fsp3) is 1.00. The molecule has 0 bridgehead atoms. The van der Waals surface area contributed by atoms with Gasteiger partial charge in [-0.1, -0.05) is 13.8 Å². The molecule has 0 aromatic carbocycles. The zero-order valence-corrected chi connectivity index (χ0v) is 9.05. The molecule has 0 aliphatic rings. The van der Waals surface area contributed by atoms with E-state index in [4.69, 9.17) is 10.5 Å². The van der Waals surface area contributed by atoms with Crippen LogP contribution in [0.3, 0.4) is 0 Å². The van der Waals surface area contributed by atoms with Gasteiger partial charge in [-0.05, 0) is 32.6 Å². The Morgan fingerprint density at radius 1 is 1.33 bits per heavy atom. The standard InChI is InChI=1S/C10H23NO/c1-8(2)9(11)6-7-10(3,4)12-5/h8-9H,6-7,11H2,1-5H3. The summed E-state index contributed by atoms with van der Waals surface area (Å²) in [5.74, 6) is 0.567. The van der Waals surface area contributed by atoms with Crippen LogP contribution >= 0.6 is 0 Å². The molecule has 0 spiro atoms. The molecule has 2 nitrogen and oxygen atoms in total. The van der Waals surface area contributed by atoms with E-state index in [0.29, 0.717) is 12.0 Å². The van der Waals surface area contributed by atoms with Gasteiger partial charge in [-0.15, -0.1) is 0 Å². The Kier molecular flexibility index (Phi) is 4.80. The van der Waals surface area contributed by atoms with E-state index in [-0.39, 0.29) is 5.60 Å². The van der Waals surface area contributed by atoms with Gasteiger partial charge in [0.2, 0.25) is 0 Å². The Labute approximate surface area is 76.5 Å². The van der Waals surface area contributed by atoms with Gasteiger partial charge in [0.15, 0.2) is 0 Å². The van der Waals surface area contributed by atoms with Crippen molar-refractivity contribution in [2.45, 2.75) is 52.2 Å². The van der Waals surface area contributed by atoms with Gasteiger partial charge >= 0.3 is 0 Å². The molecule has 0 aromatic heterocycles. The van der Waals surface area contributed by atoms with Gasteiger partial charge in [-0.25, -0.2) is 0 Å². The van der Waals surface area contributed by atoms with Crippen molar-refractivity contribution >= 4 is 0 Å². The summed E-state index contributed by atoms with van der Waals surface area (Å²) in [5.41, 5.74) is 5.90. The van der Waals surface area contributed by atoms with E-state index in [1.54, 1.807) is 7.11 Å². The molecule has 2 heteroatoms. The summed E-state index contributed by atoms with van der Waals surface area (Å²) in [7, 11) is 1.75. The lowest BCUT2D eigenvalue weighted by atomic mass is 9.94. The molecule has 0 heterocycles. The molecule has 1 atom stereocenters. The zero-order valence-electron chi connectivity index (χ0n) is 9.05. The minimum absolute atomic E-state index is 0.0213. The first-order valence-corrected chi connectivity index (χ1v) is 4.70. The maximum absolute atomic E-state index is 5.92. The topological polar surface area (TPSA) is 35.2 Å². The number of hydrogen-bond donors (Lipinski definition) is 1. The van der Waals surface area contributed by atoms with Gasteiger partial charge in [0.1, 0.15) is 0 Å². The van der Waals surface area contributed by atoms with Crippen molar-refractivity contribution in [3.05, 3.63) is 0 Å². The van der Waals surface area contributed by atoms with Gasteiger partial charge < -0.3 is 10.5 Å². The third kappa shape index (κ3) is 4.73. The van der Waals surface area contributed by atoms with Crippen LogP contribution in [0.15, 0.2) is 0 Å². The molecule has 0 saturated heterocycles. The Morgan fingerprint density at radius 3 is 2.17 bits per heavy atom. The second-order valence-corrected chi connectivity index (χ2v) is 4.41. The molecule has 0 fully saturated rings. The number of methoxy groups -OCH3 is 1. The highest BCUT2D eigenvalue weighted by Crippen LogP contribution is 2.18. The van der Waals surface area contributed by atoms with Crippen molar-refractivity contribution in [2.75, 3.05) is 7.11 Å². The average Bonchev–Trinajstić information content (AvgIpc) is 2.00. The predicted octanol–water partition coefficient (Wildman–Crippen LogP) is 2.17. The van der Waals surface area contributed by atoms with E-state index in [1.807, 2.05) is 0 Å². The molecule has 0 aromatic rings. The molecule has 12 heavy (non-hydrogen) atoms. The number of nitrogens with two attached hydrogens (primary N) is 1. The Balaban J connectivity index is 3.67. The van der Waals surface area contributed by atoms with Crippen LogP contribution in [0.2, 0.25) is 0 Å². The molecule has 0 aliphatic carbocycles. The zero-order chi connectivity index (χ0) is 9.78. The predicted molar refractivity (Wildman–Crippen MR) is 53.1 cm³/mol. The second kappa shape index (κ2) is 4.83. The molecule has 0 rings (SSSR count). The van der Waals surface area contributed by atoms with Crippen LogP contribution in [0.25, 0.3) is 0 Å². The number of ether oxygens (including phenoxy) is 1. The molecule has 0 radical (unpaired) electrons. The van der Waals surface area contributed by atoms with E-state index >= 15 is 0 Å². The molecule has 2 N–H and O–H groups in total. The largest absolute Gasteiger partial charge is 0.379 e. The summed E-state index contributed by atoms with van der Waals surface area (Å²) in [6, 6.07) is 0.305. The number of rotatable bonds is 5. The summed E-state index contributed by atoms with van der Waals surface area (Å²) >= 11 is 0. The average molecular weight is 173 g/mol. The fourth-order valence-electron chi connectivity index (χ4n) is 0.950. The maximum atomic E-state index is 5.92. The first-order chi connectivity index (χ1) is 5.39. The van der Waals surface area contributed by atoms with Gasteiger partial charge in [-0.2, -0.15) is 0 Å². The maximum Gasteiger partial charge on any atom is 0.0623 e. The summed E-state index contributed by atoms with van der Waals surface area (Å²) in [4.78, 5) is 0. The fourth-order valence-corrected chi connectivity index (χ4v) is 0.950. The first-order valence-electron chi connectivity index (χ1n) is 4.70. The molecular weight excluding hydrogens is 150 g/mol. The summed E-state index contributed by atoms with van der Waals surface area (Å²) in [6.07, 6.45) is 2.07. The highest BCUT2D eigenvalue weighted by atomic mass is 16.5. The second-order valence-electron chi connectivity index (χ2n) is 4.41. The number of hydrogen-bond acceptors (Lipinski definition) is 2. The quantitative estimate of drug-likeness (QED) is 0.691. The molecule has 0 saturated carbocycles. The van der Waals surface area contributed by atoms with Crippen LogP contribution in [-0.2, 0) is 4.74 Å². The summed E-state index contributed by atoms with van der Waals surface area (Å²) in [6.45, 7) is 8.51. The lowest BCUT2D eigenvalue weighted by molar-refractivity contribution is 0.0116. The SMILES string of the molecule is COC(C)(C)CCC(N)C(C)C. The minimum Gasteiger partial charge on any atom is -0.379 e. The first kappa shape index (κ1) is 11.9. The monoisotopic (exact) mass is 173 g/mol. The van der Waals surface area contributed by atoms with E-state index in [9.17, 15) is 0 Å². The normalized spacial score (nSPS) is 15.2. The Morgan fingerprint density at radius 2 is 1.83 bits per heavy atom. The molecule has 1 unspecified atom stereocenters. The molecule has 74 valence electrons.